The zero-order chi connectivity index (χ0) is 20.1. The predicted molar refractivity (Wildman–Crippen MR) is 114 cm³/mol. The van der Waals surface area contributed by atoms with Crippen molar-refractivity contribution in [2.45, 2.75) is 6.92 Å². The maximum Gasteiger partial charge on any atom is 0.335 e. The van der Waals surface area contributed by atoms with Crippen molar-refractivity contribution in [3.63, 3.8) is 0 Å². The van der Waals surface area contributed by atoms with Crippen LogP contribution in [0.4, 0.5) is 5.69 Å². The number of aromatic carboxylic acids is 1. The molecule has 1 fully saturated rings. The average Bonchev–Trinajstić information content (AvgIpc) is 2.96. The first-order valence-corrected chi connectivity index (χ1v) is 9.73. The van der Waals surface area contributed by atoms with Gasteiger partial charge < -0.3 is 5.11 Å². The third kappa shape index (κ3) is 4.71. The summed E-state index contributed by atoms with van der Waals surface area (Å²) in [6.45, 7) is 2.30. The van der Waals surface area contributed by atoms with Gasteiger partial charge in [0.05, 0.1) is 16.2 Å². The Morgan fingerprint density at radius 1 is 1.21 bits per heavy atom. The van der Waals surface area contributed by atoms with Gasteiger partial charge in [-0.05, 0) is 54.6 Å². The number of amides is 1. The van der Waals surface area contributed by atoms with Crippen molar-refractivity contribution in [2.75, 3.05) is 6.54 Å². The number of carbonyl (C=O) groups is 2. The molecule has 2 aromatic carbocycles. The Labute approximate surface area is 172 Å². The van der Waals surface area contributed by atoms with Gasteiger partial charge in [-0.2, -0.15) is 0 Å². The standard InChI is InChI=1S/C21H17ClN2O3S/c1-2-24-19(25)18(13-16(22)11-14-7-4-3-5-8-14)28-21(24)23-17-10-6-9-15(12-17)20(26)27/h3-13H,2H2,1H3,(H,26,27)/b16-11-,18-13-,23-21?. The van der Waals surface area contributed by atoms with Gasteiger partial charge >= 0.3 is 5.97 Å². The number of carboxylic acid groups (broad SMARTS) is 1. The van der Waals surface area contributed by atoms with Crippen LogP contribution in [0.3, 0.4) is 0 Å². The molecule has 7 heteroatoms. The zero-order valence-corrected chi connectivity index (χ0v) is 16.6. The molecule has 142 valence electrons. The molecule has 1 heterocycles. The van der Waals surface area contributed by atoms with E-state index >= 15 is 0 Å². The Hall–Kier alpha value is -2.83. The van der Waals surface area contributed by atoms with Gasteiger partial charge in [0.15, 0.2) is 5.17 Å². The van der Waals surface area contributed by atoms with Crippen molar-refractivity contribution < 1.29 is 14.7 Å². The van der Waals surface area contributed by atoms with Gasteiger partial charge in [-0.1, -0.05) is 48.0 Å². The number of aliphatic imine (C=N–C) groups is 1. The van der Waals surface area contributed by atoms with Crippen molar-refractivity contribution in [3.8, 4) is 0 Å². The summed E-state index contributed by atoms with van der Waals surface area (Å²) in [4.78, 5) is 30.3. The van der Waals surface area contributed by atoms with Crippen LogP contribution in [0.25, 0.3) is 6.08 Å². The number of rotatable bonds is 5. The molecule has 0 unspecified atom stereocenters. The molecule has 1 N–H and O–H groups in total. The van der Waals surface area contributed by atoms with Gasteiger partial charge in [0.25, 0.3) is 5.91 Å². The maximum absolute atomic E-state index is 12.7. The molecule has 28 heavy (non-hydrogen) atoms. The Kier molecular flexibility index (Phi) is 6.34. The molecule has 1 amide bonds. The fourth-order valence-corrected chi connectivity index (χ4v) is 3.92. The lowest BCUT2D eigenvalue weighted by Crippen LogP contribution is -2.28. The van der Waals surface area contributed by atoms with Gasteiger partial charge in [-0.15, -0.1) is 0 Å². The molecule has 0 saturated carbocycles. The summed E-state index contributed by atoms with van der Waals surface area (Å²) < 4.78 is 0. The van der Waals surface area contributed by atoms with E-state index in [-0.39, 0.29) is 11.5 Å². The molecular weight excluding hydrogens is 396 g/mol. The zero-order valence-electron chi connectivity index (χ0n) is 15.0. The van der Waals surface area contributed by atoms with E-state index in [0.29, 0.717) is 27.3 Å². The number of hydrogen-bond acceptors (Lipinski definition) is 4. The number of amidine groups is 1. The van der Waals surface area contributed by atoms with Crippen LogP contribution in [-0.2, 0) is 4.79 Å². The fraction of sp³-hybridized carbons (Fsp3) is 0.0952. The van der Waals surface area contributed by atoms with Gasteiger partial charge in [0.1, 0.15) is 0 Å². The van der Waals surface area contributed by atoms with Crippen molar-refractivity contribution >= 4 is 52.2 Å². The van der Waals surface area contributed by atoms with E-state index in [1.165, 1.54) is 28.8 Å². The number of benzene rings is 2. The number of likely N-dealkylation sites (N-methyl/N-ethyl adjacent to an activating group) is 1. The number of allylic oxidation sites excluding steroid dienone is 2. The van der Waals surface area contributed by atoms with Crippen molar-refractivity contribution in [2.24, 2.45) is 4.99 Å². The van der Waals surface area contributed by atoms with Gasteiger partial charge in [-0.3, -0.25) is 9.69 Å². The highest BCUT2D eigenvalue weighted by atomic mass is 35.5. The van der Waals surface area contributed by atoms with Crippen LogP contribution >= 0.6 is 23.4 Å². The van der Waals surface area contributed by atoms with Crippen molar-refractivity contribution in [1.82, 2.24) is 4.90 Å². The summed E-state index contributed by atoms with van der Waals surface area (Å²) in [6, 6.07) is 15.9. The van der Waals surface area contributed by atoms with Gasteiger partial charge in [0, 0.05) is 11.6 Å². The lowest BCUT2D eigenvalue weighted by atomic mass is 10.2. The quantitative estimate of drug-likeness (QED) is 0.691. The molecule has 0 aliphatic carbocycles. The predicted octanol–water partition coefficient (Wildman–Crippen LogP) is 5.13. The molecule has 1 aliphatic rings. The van der Waals surface area contributed by atoms with Crippen LogP contribution in [0.1, 0.15) is 22.8 Å². The first-order chi connectivity index (χ1) is 13.5. The van der Waals surface area contributed by atoms with Gasteiger partial charge in [0.2, 0.25) is 0 Å². The number of carbonyl (C=O) groups excluding carboxylic acids is 1. The number of nitrogens with zero attached hydrogens (tertiary/aromatic N) is 2. The molecule has 5 nitrogen and oxygen atoms in total. The Balaban J connectivity index is 1.89. The lowest BCUT2D eigenvalue weighted by molar-refractivity contribution is -0.122. The molecule has 3 rings (SSSR count). The normalized spacial score (nSPS) is 17.6. The Morgan fingerprint density at radius 2 is 1.96 bits per heavy atom. The van der Waals surface area contributed by atoms with Crippen molar-refractivity contribution in [1.29, 1.82) is 0 Å². The second kappa shape index (κ2) is 8.91. The van der Waals surface area contributed by atoms with Crippen LogP contribution in [0, 0.1) is 0 Å². The van der Waals surface area contributed by atoms with E-state index in [9.17, 15) is 9.59 Å². The van der Waals surface area contributed by atoms with Crippen LogP contribution < -0.4 is 0 Å². The van der Waals surface area contributed by atoms with Crippen LogP contribution in [0.5, 0.6) is 0 Å². The monoisotopic (exact) mass is 412 g/mol. The summed E-state index contributed by atoms with van der Waals surface area (Å²) in [7, 11) is 0. The third-order valence-corrected chi connectivity index (χ3v) is 5.12. The maximum atomic E-state index is 12.7. The Bertz CT molecular complexity index is 1000. The summed E-state index contributed by atoms with van der Waals surface area (Å²) >= 11 is 7.52. The molecule has 0 bridgehead atoms. The summed E-state index contributed by atoms with van der Waals surface area (Å²) in [5.41, 5.74) is 1.55. The summed E-state index contributed by atoms with van der Waals surface area (Å²) in [5, 5.41) is 10.1. The van der Waals surface area contributed by atoms with E-state index < -0.39 is 5.97 Å². The minimum Gasteiger partial charge on any atom is -0.478 e. The van der Waals surface area contributed by atoms with E-state index in [2.05, 4.69) is 4.99 Å². The second-order valence-corrected chi connectivity index (χ2v) is 7.30. The topological polar surface area (TPSA) is 70.0 Å². The molecule has 1 saturated heterocycles. The summed E-state index contributed by atoms with van der Waals surface area (Å²) in [5.74, 6) is -1.21. The lowest BCUT2D eigenvalue weighted by Gasteiger charge is -2.12. The number of halogens is 1. The van der Waals surface area contributed by atoms with Crippen molar-refractivity contribution in [3.05, 3.63) is 81.7 Å². The molecular formula is C21H17ClN2O3S. The minimum absolute atomic E-state index is 0.142. The highest BCUT2D eigenvalue weighted by molar-refractivity contribution is 8.18. The largest absolute Gasteiger partial charge is 0.478 e. The number of carboxylic acids is 1. The first kappa shape index (κ1) is 19.9. The minimum atomic E-state index is -1.03. The molecule has 0 atom stereocenters. The molecule has 0 spiro atoms. The third-order valence-electron chi connectivity index (χ3n) is 3.90. The average molecular weight is 413 g/mol. The highest BCUT2D eigenvalue weighted by Crippen LogP contribution is 2.34. The fourth-order valence-electron chi connectivity index (χ4n) is 2.56. The molecule has 0 aromatic heterocycles. The van der Waals surface area contributed by atoms with Crippen LogP contribution in [-0.4, -0.2) is 33.6 Å². The summed E-state index contributed by atoms with van der Waals surface area (Å²) in [6.07, 6.45) is 3.41. The first-order valence-electron chi connectivity index (χ1n) is 8.53. The SMILES string of the molecule is CCN1C(=O)/C(=C/C(Cl)=C/c2ccccc2)SC1=Nc1cccc(C(=O)O)c1. The van der Waals surface area contributed by atoms with E-state index in [1.807, 2.05) is 37.3 Å². The van der Waals surface area contributed by atoms with Crippen LogP contribution in [0.15, 0.2) is 75.6 Å². The number of hydrogen-bond donors (Lipinski definition) is 1. The highest BCUT2D eigenvalue weighted by Gasteiger charge is 2.32. The Morgan fingerprint density at radius 3 is 2.64 bits per heavy atom. The van der Waals surface area contributed by atoms with E-state index in [1.54, 1.807) is 24.3 Å². The van der Waals surface area contributed by atoms with E-state index in [4.69, 9.17) is 16.7 Å². The molecule has 1 aliphatic heterocycles. The van der Waals surface area contributed by atoms with E-state index in [0.717, 1.165) is 5.56 Å². The number of thioether (sulfide) groups is 1. The molecule has 0 radical (unpaired) electrons. The smallest absolute Gasteiger partial charge is 0.335 e. The van der Waals surface area contributed by atoms with Crippen LogP contribution in [0.2, 0.25) is 0 Å². The second-order valence-electron chi connectivity index (χ2n) is 5.85. The van der Waals surface area contributed by atoms with Gasteiger partial charge in [-0.25, -0.2) is 9.79 Å². The molecule has 2 aromatic rings.